The molecule has 4 nitrogen and oxygen atoms in total. The van der Waals surface area contributed by atoms with Crippen molar-refractivity contribution in [2.24, 2.45) is 0 Å². The van der Waals surface area contributed by atoms with Crippen LogP contribution in [0.1, 0.15) is 39.0 Å². The number of carbonyl (C=O) groups is 2. The van der Waals surface area contributed by atoms with E-state index in [4.69, 9.17) is 11.2 Å². The van der Waals surface area contributed by atoms with Gasteiger partial charge in [-0.25, -0.2) is 4.79 Å². The van der Waals surface area contributed by atoms with Crippen LogP contribution in [0.2, 0.25) is 0 Å². The van der Waals surface area contributed by atoms with Gasteiger partial charge in [-0.2, -0.15) is 0 Å². The fourth-order valence-corrected chi connectivity index (χ4v) is 2.82. The first-order valence-electron chi connectivity index (χ1n) is 6.27. The highest BCUT2D eigenvalue weighted by Crippen LogP contribution is 2.43. The summed E-state index contributed by atoms with van der Waals surface area (Å²) in [7, 11) is 0. The minimum atomic E-state index is -0.696. The van der Waals surface area contributed by atoms with Gasteiger partial charge in [-0.1, -0.05) is 12.3 Å². The number of terminal acetylenes is 1. The summed E-state index contributed by atoms with van der Waals surface area (Å²) >= 11 is 0. The number of rotatable bonds is 2. The maximum absolute atomic E-state index is 12.1. The molecule has 2 rings (SSSR count). The summed E-state index contributed by atoms with van der Waals surface area (Å²) in [4.78, 5) is 23.9. The summed E-state index contributed by atoms with van der Waals surface area (Å²) in [6, 6.07) is 0. The Bertz CT molecular complexity index is 450. The lowest BCUT2D eigenvalue weighted by Crippen LogP contribution is -2.41. The van der Waals surface area contributed by atoms with Crippen molar-refractivity contribution in [1.29, 1.82) is 0 Å². The highest BCUT2D eigenvalue weighted by atomic mass is 16.6. The van der Waals surface area contributed by atoms with E-state index < -0.39 is 5.60 Å². The van der Waals surface area contributed by atoms with Crippen LogP contribution < -0.4 is 5.32 Å². The predicted molar refractivity (Wildman–Crippen MR) is 66.5 cm³/mol. The number of ether oxygens (including phenoxy) is 1. The van der Waals surface area contributed by atoms with Gasteiger partial charge in [-0.3, -0.25) is 4.79 Å². The average Bonchev–Trinajstić information content (AvgIpc) is 2.59. The maximum Gasteiger partial charge on any atom is 0.335 e. The van der Waals surface area contributed by atoms with Gasteiger partial charge >= 0.3 is 5.97 Å². The Morgan fingerprint density at radius 1 is 1.44 bits per heavy atom. The fourth-order valence-electron chi connectivity index (χ4n) is 2.82. The van der Waals surface area contributed by atoms with E-state index in [0.29, 0.717) is 11.1 Å². The molecule has 0 aromatic carbocycles. The van der Waals surface area contributed by atoms with Crippen LogP contribution in [0.25, 0.3) is 0 Å². The molecule has 1 aliphatic carbocycles. The van der Waals surface area contributed by atoms with Crippen LogP contribution in [0.3, 0.4) is 0 Å². The lowest BCUT2D eigenvalue weighted by Gasteiger charge is -2.33. The van der Waals surface area contributed by atoms with Crippen LogP contribution in [-0.2, 0) is 14.3 Å². The Kier molecular flexibility index (Phi) is 3.42. The molecule has 2 aliphatic rings. The van der Waals surface area contributed by atoms with E-state index in [1.54, 1.807) is 6.92 Å². The van der Waals surface area contributed by atoms with Crippen molar-refractivity contribution < 1.29 is 14.3 Å². The number of hydrogen-bond acceptors (Lipinski definition) is 3. The Morgan fingerprint density at radius 2 is 2.11 bits per heavy atom. The SMILES string of the molecule is C#CCNC(=O)C1=C(C)C(=O)OC12CCCCC2. The van der Waals surface area contributed by atoms with Crippen LogP contribution in [0.5, 0.6) is 0 Å². The molecule has 1 heterocycles. The van der Waals surface area contributed by atoms with Crippen LogP contribution in [0, 0.1) is 12.3 Å². The molecular weight excluding hydrogens is 230 g/mol. The van der Waals surface area contributed by atoms with E-state index in [1.165, 1.54) is 0 Å². The summed E-state index contributed by atoms with van der Waals surface area (Å²) in [6.45, 7) is 1.82. The third-order valence-electron chi connectivity index (χ3n) is 3.66. The molecule has 0 bridgehead atoms. The number of hydrogen-bond donors (Lipinski definition) is 1. The Hall–Kier alpha value is -1.76. The summed E-state index contributed by atoms with van der Waals surface area (Å²) in [6.07, 6.45) is 9.67. The van der Waals surface area contributed by atoms with E-state index in [2.05, 4.69) is 11.2 Å². The lowest BCUT2D eigenvalue weighted by atomic mass is 9.78. The molecule has 1 saturated carbocycles. The van der Waals surface area contributed by atoms with Gasteiger partial charge in [0.2, 0.25) is 0 Å². The second kappa shape index (κ2) is 4.85. The molecule has 1 N–H and O–H groups in total. The third-order valence-corrected chi connectivity index (χ3v) is 3.66. The molecular formula is C14H17NO3. The molecule has 1 amide bonds. The van der Waals surface area contributed by atoms with Crippen molar-refractivity contribution in [2.45, 2.75) is 44.6 Å². The topological polar surface area (TPSA) is 55.4 Å². The highest BCUT2D eigenvalue weighted by Gasteiger charge is 2.49. The molecule has 0 unspecified atom stereocenters. The summed E-state index contributed by atoms with van der Waals surface area (Å²) in [5.41, 5.74) is 0.215. The molecule has 96 valence electrons. The van der Waals surface area contributed by atoms with Crippen molar-refractivity contribution in [1.82, 2.24) is 5.32 Å². The van der Waals surface area contributed by atoms with Crippen LogP contribution in [-0.4, -0.2) is 24.0 Å². The number of esters is 1. The van der Waals surface area contributed by atoms with Gasteiger partial charge in [0.05, 0.1) is 12.1 Å². The zero-order valence-electron chi connectivity index (χ0n) is 10.5. The largest absolute Gasteiger partial charge is 0.451 e. The minimum Gasteiger partial charge on any atom is -0.451 e. The summed E-state index contributed by atoms with van der Waals surface area (Å²) < 4.78 is 5.49. The van der Waals surface area contributed by atoms with Gasteiger partial charge in [0.1, 0.15) is 5.60 Å². The maximum atomic E-state index is 12.1. The Balaban J connectivity index is 2.29. The van der Waals surface area contributed by atoms with Crippen molar-refractivity contribution in [2.75, 3.05) is 6.54 Å². The third kappa shape index (κ3) is 2.01. The number of amides is 1. The molecule has 0 aromatic rings. The molecule has 4 heteroatoms. The van der Waals surface area contributed by atoms with E-state index in [1.807, 2.05) is 0 Å². The normalized spacial score (nSPS) is 21.7. The number of carbonyl (C=O) groups excluding carboxylic acids is 2. The van der Waals surface area contributed by atoms with Gasteiger partial charge in [0.15, 0.2) is 0 Å². The van der Waals surface area contributed by atoms with Crippen LogP contribution in [0.4, 0.5) is 0 Å². The molecule has 1 spiro atoms. The molecule has 0 radical (unpaired) electrons. The monoisotopic (exact) mass is 247 g/mol. The van der Waals surface area contributed by atoms with E-state index >= 15 is 0 Å². The second-order valence-electron chi connectivity index (χ2n) is 4.83. The molecule has 0 aromatic heterocycles. The van der Waals surface area contributed by atoms with Gasteiger partial charge in [0.25, 0.3) is 5.91 Å². The fraction of sp³-hybridized carbons (Fsp3) is 0.571. The van der Waals surface area contributed by atoms with Crippen molar-refractivity contribution in [3.05, 3.63) is 11.1 Å². The highest BCUT2D eigenvalue weighted by molar-refractivity contribution is 6.07. The van der Waals surface area contributed by atoms with Gasteiger partial charge in [-0.05, 0) is 32.6 Å². The van der Waals surface area contributed by atoms with Crippen LogP contribution in [0.15, 0.2) is 11.1 Å². The quantitative estimate of drug-likeness (QED) is 0.591. The standard InChI is InChI=1S/C14H17NO3/c1-3-9-15-12(16)11-10(2)13(17)18-14(11)7-5-4-6-8-14/h1H,4-9H2,2H3,(H,15,16). The van der Waals surface area contributed by atoms with Gasteiger partial charge < -0.3 is 10.1 Å². The van der Waals surface area contributed by atoms with Crippen molar-refractivity contribution in [3.63, 3.8) is 0 Å². The molecule has 0 atom stereocenters. The van der Waals surface area contributed by atoms with Crippen molar-refractivity contribution >= 4 is 11.9 Å². The molecule has 1 fully saturated rings. The van der Waals surface area contributed by atoms with E-state index in [0.717, 1.165) is 32.1 Å². The average molecular weight is 247 g/mol. The van der Waals surface area contributed by atoms with Crippen molar-refractivity contribution in [3.8, 4) is 12.3 Å². The first kappa shape index (κ1) is 12.7. The second-order valence-corrected chi connectivity index (χ2v) is 4.83. The summed E-state index contributed by atoms with van der Waals surface area (Å²) in [5.74, 6) is 1.72. The first-order valence-corrected chi connectivity index (χ1v) is 6.27. The van der Waals surface area contributed by atoms with Gasteiger partial charge in [0, 0.05) is 5.57 Å². The Morgan fingerprint density at radius 3 is 2.72 bits per heavy atom. The molecule has 18 heavy (non-hydrogen) atoms. The van der Waals surface area contributed by atoms with E-state index in [9.17, 15) is 9.59 Å². The lowest BCUT2D eigenvalue weighted by molar-refractivity contribution is -0.149. The zero-order chi connectivity index (χ0) is 13.2. The first-order chi connectivity index (χ1) is 8.60. The Labute approximate surface area is 107 Å². The molecule has 0 saturated heterocycles. The van der Waals surface area contributed by atoms with Gasteiger partial charge in [-0.15, -0.1) is 6.42 Å². The smallest absolute Gasteiger partial charge is 0.335 e. The van der Waals surface area contributed by atoms with Crippen LogP contribution >= 0.6 is 0 Å². The van der Waals surface area contributed by atoms with E-state index in [-0.39, 0.29) is 18.4 Å². The molecule has 1 aliphatic heterocycles. The predicted octanol–water partition coefficient (Wildman–Crippen LogP) is 1.31. The number of nitrogens with one attached hydrogen (secondary N) is 1. The summed E-state index contributed by atoms with van der Waals surface area (Å²) in [5, 5.41) is 2.63. The minimum absolute atomic E-state index is 0.167. The zero-order valence-corrected chi connectivity index (χ0v) is 10.5.